The first kappa shape index (κ1) is 15.7. The van der Waals surface area contributed by atoms with Crippen molar-refractivity contribution < 1.29 is 13.2 Å². The largest absolute Gasteiger partial charge is 0.355 e. The maximum atomic E-state index is 11.8. The summed E-state index contributed by atoms with van der Waals surface area (Å²) in [6.07, 6.45) is 0.784. The zero-order chi connectivity index (χ0) is 14.3. The summed E-state index contributed by atoms with van der Waals surface area (Å²) in [6, 6.07) is 7.04. The van der Waals surface area contributed by atoms with Crippen molar-refractivity contribution in [3.05, 3.63) is 35.4 Å². The highest BCUT2D eigenvalue weighted by atomic mass is 32.2. The predicted octanol–water partition coefficient (Wildman–Crippen LogP) is 0.586. The Morgan fingerprint density at radius 2 is 1.79 bits per heavy atom. The third-order valence-corrected chi connectivity index (χ3v) is 4.04. The Bertz CT molecular complexity index is 509. The molecular formula is C13H20N2O3S. The van der Waals surface area contributed by atoms with Gasteiger partial charge in [-0.3, -0.25) is 4.79 Å². The van der Waals surface area contributed by atoms with E-state index in [0.29, 0.717) is 18.7 Å². The molecule has 1 aromatic carbocycles. The fraction of sp³-hybridized carbons (Fsp3) is 0.462. The molecule has 1 rings (SSSR count). The van der Waals surface area contributed by atoms with Gasteiger partial charge in [-0.15, -0.1) is 0 Å². The van der Waals surface area contributed by atoms with Gasteiger partial charge in [0.2, 0.25) is 5.91 Å². The van der Waals surface area contributed by atoms with Gasteiger partial charge in [-0.1, -0.05) is 31.2 Å². The van der Waals surface area contributed by atoms with Gasteiger partial charge in [-0.05, 0) is 17.5 Å². The molecule has 0 radical (unpaired) electrons. The van der Waals surface area contributed by atoms with Crippen molar-refractivity contribution in [2.75, 3.05) is 12.3 Å². The van der Waals surface area contributed by atoms with Gasteiger partial charge in [0.25, 0.3) is 0 Å². The SMILES string of the molecule is CCCNC(=O)CS(=O)(=O)Cc1ccc(CN)cc1. The molecule has 0 saturated heterocycles. The van der Waals surface area contributed by atoms with Crippen molar-refractivity contribution in [2.45, 2.75) is 25.6 Å². The van der Waals surface area contributed by atoms with Crippen LogP contribution in [-0.2, 0) is 26.9 Å². The molecule has 1 aromatic rings. The van der Waals surface area contributed by atoms with Crippen molar-refractivity contribution in [2.24, 2.45) is 5.73 Å². The molecule has 5 nitrogen and oxygen atoms in total. The lowest BCUT2D eigenvalue weighted by atomic mass is 10.1. The third-order valence-electron chi connectivity index (χ3n) is 2.57. The van der Waals surface area contributed by atoms with Crippen molar-refractivity contribution in [1.29, 1.82) is 0 Å². The third kappa shape index (κ3) is 5.85. The molecular weight excluding hydrogens is 264 g/mol. The quantitative estimate of drug-likeness (QED) is 0.766. The Labute approximate surface area is 114 Å². The summed E-state index contributed by atoms with van der Waals surface area (Å²) in [4.78, 5) is 11.4. The second-order valence-corrected chi connectivity index (χ2v) is 6.47. The molecule has 0 heterocycles. The smallest absolute Gasteiger partial charge is 0.235 e. The Balaban J connectivity index is 2.60. The van der Waals surface area contributed by atoms with E-state index in [0.717, 1.165) is 12.0 Å². The number of nitrogens with one attached hydrogen (secondary N) is 1. The first-order valence-corrected chi connectivity index (χ1v) is 8.04. The molecule has 0 aliphatic rings. The van der Waals surface area contributed by atoms with Gasteiger partial charge in [0, 0.05) is 13.1 Å². The molecule has 0 unspecified atom stereocenters. The Hall–Kier alpha value is -1.40. The Morgan fingerprint density at radius 1 is 1.21 bits per heavy atom. The number of hydrogen-bond acceptors (Lipinski definition) is 4. The Morgan fingerprint density at radius 3 is 2.32 bits per heavy atom. The predicted molar refractivity (Wildman–Crippen MR) is 75.1 cm³/mol. The summed E-state index contributed by atoms with van der Waals surface area (Å²) in [7, 11) is -3.43. The summed E-state index contributed by atoms with van der Waals surface area (Å²) < 4.78 is 23.7. The van der Waals surface area contributed by atoms with Gasteiger partial charge in [0.15, 0.2) is 9.84 Å². The number of sulfone groups is 1. The highest BCUT2D eigenvalue weighted by molar-refractivity contribution is 7.91. The maximum Gasteiger partial charge on any atom is 0.235 e. The molecule has 0 atom stereocenters. The lowest BCUT2D eigenvalue weighted by molar-refractivity contribution is -0.118. The number of hydrogen-bond donors (Lipinski definition) is 2. The average Bonchev–Trinajstić information content (AvgIpc) is 2.36. The molecule has 1 amide bonds. The lowest BCUT2D eigenvalue weighted by Gasteiger charge is -2.06. The standard InChI is InChI=1S/C13H20N2O3S/c1-2-7-15-13(16)10-19(17,18)9-12-5-3-11(8-14)4-6-12/h3-6H,2,7-10,14H2,1H3,(H,15,16). The van der Waals surface area contributed by atoms with E-state index >= 15 is 0 Å². The van der Waals surface area contributed by atoms with Crippen LogP contribution in [0.15, 0.2) is 24.3 Å². The van der Waals surface area contributed by atoms with Crippen LogP contribution in [-0.4, -0.2) is 26.6 Å². The fourth-order valence-electron chi connectivity index (χ4n) is 1.59. The van der Waals surface area contributed by atoms with E-state index in [2.05, 4.69) is 5.32 Å². The van der Waals surface area contributed by atoms with Crippen LogP contribution in [0.3, 0.4) is 0 Å². The van der Waals surface area contributed by atoms with E-state index in [1.165, 1.54) is 0 Å². The lowest BCUT2D eigenvalue weighted by Crippen LogP contribution is -2.31. The summed E-state index contributed by atoms with van der Waals surface area (Å²) in [5.41, 5.74) is 7.08. The zero-order valence-electron chi connectivity index (χ0n) is 11.1. The summed E-state index contributed by atoms with van der Waals surface area (Å²) >= 11 is 0. The molecule has 106 valence electrons. The van der Waals surface area contributed by atoms with E-state index in [1.54, 1.807) is 24.3 Å². The van der Waals surface area contributed by atoms with Gasteiger partial charge in [-0.25, -0.2) is 8.42 Å². The van der Waals surface area contributed by atoms with Crippen molar-refractivity contribution in [1.82, 2.24) is 5.32 Å². The molecule has 0 bridgehead atoms. The molecule has 19 heavy (non-hydrogen) atoms. The summed E-state index contributed by atoms with van der Waals surface area (Å²) in [5.74, 6) is -1.04. The van der Waals surface area contributed by atoms with Crippen LogP contribution < -0.4 is 11.1 Å². The fourth-order valence-corrected chi connectivity index (χ4v) is 2.90. The molecule has 0 saturated carbocycles. The van der Waals surface area contributed by atoms with Crippen molar-refractivity contribution in [3.63, 3.8) is 0 Å². The number of rotatable bonds is 7. The van der Waals surface area contributed by atoms with E-state index < -0.39 is 21.5 Å². The molecule has 3 N–H and O–H groups in total. The number of amides is 1. The Kier molecular flexibility index (Phi) is 5.98. The minimum Gasteiger partial charge on any atom is -0.355 e. The van der Waals surface area contributed by atoms with Crippen LogP contribution in [0.25, 0.3) is 0 Å². The van der Waals surface area contributed by atoms with Gasteiger partial charge in [0.05, 0.1) is 5.75 Å². The van der Waals surface area contributed by atoms with E-state index in [-0.39, 0.29) is 5.75 Å². The molecule has 0 fully saturated rings. The zero-order valence-corrected chi connectivity index (χ0v) is 11.9. The summed E-state index contributed by atoms with van der Waals surface area (Å²) in [6.45, 7) is 2.83. The van der Waals surface area contributed by atoms with Gasteiger partial charge in [-0.2, -0.15) is 0 Å². The molecule has 0 aliphatic carbocycles. The minimum absolute atomic E-state index is 0.128. The van der Waals surface area contributed by atoms with E-state index in [4.69, 9.17) is 5.73 Å². The van der Waals surface area contributed by atoms with Crippen LogP contribution >= 0.6 is 0 Å². The minimum atomic E-state index is -3.43. The van der Waals surface area contributed by atoms with E-state index in [9.17, 15) is 13.2 Å². The van der Waals surface area contributed by atoms with Crippen LogP contribution in [0.2, 0.25) is 0 Å². The van der Waals surface area contributed by atoms with E-state index in [1.807, 2.05) is 6.92 Å². The molecule has 0 aliphatic heterocycles. The second kappa shape index (κ2) is 7.25. The van der Waals surface area contributed by atoms with Crippen LogP contribution in [0.1, 0.15) is 24.5 Å². The van der Waals surface area contributed by atoms with Crippen LogP contribution in [0.4, 0.5) is 0 Å². The van der Waals surface area contributed by atoms with Gasteiger partial charge in [0.1, 0.15) is 5.75 Å². The van der Waals surface area contributed by atoms with Crippen LogP contribution in [0.5, 0.6) is 0 Å². The monoisotopic (exact) mass is 284 g/mol. The number of benzene rings is 1. The topological polar surface area (TPSA) is 89.3 Å². The molecule has 0 aromatic heterocycles. The first-order valence-electron chi connectivity index (χ1n) is 6.22. The maximum absolute atomic E-state index is 11.8. The van der Waals surface area contributed by atoms with Crippen LogP contribution in [0, 0.1) is 0 Å². The van der Waals surface area contributed by atoms with Crippen molar-refractivity contribution >= 4 is 15.7 Å². The second-order valence-electron chi connectivity index (χ2n) is 4.40. The van der Waals surface area contributed by atoms with Crippen molar-refractivity contribution in [3.8, 4) is 0 Å². The molecule has 6 heteroatoms. The normalized spacial score (nSPS) is 11.3. The van der Waals surface area contributed by atoms with Gasteiger partial charge < -0.3 is 11.1 Å². The average molecular weight is 284 g/mol. The summed E-state index contributed by atoms with van der Waals surface area (Å²) in [5, 5.41) is 2.56. The highest BCUT2D eigenvalue weighted by Gasteiger charge is 2.16. The van der Waals surface area contributed by atoms with Gasteiger partial charge >= 0.3 is 0 Å². The number of carbonyl (C=O) groups excluding carboxylic acids is 1. The number of carbonyl (C=O) groups is 1. The number of nitrogens with two attached hydrogens (primary N) is 1. The highest BCUT2D eigenvalue weighted by Crippen LogP contribution is 2.08. The first-order chi connectivity index (χ1) is 8.96. The molecule has 0 spiro atoms.